The molecule has 0 fully saturated rings. The Kier molecular flexibility index (Phi) is 4.49. The van der Waals surface area contributed by atoms with E-state index in [0.29, 0.717) is 0 Å². The first-order valence-electron chi connectivity index (χ1n) is 6.22. The molecule has 21 heavy (non-hydrogen) atoms. The van der Waals surface area contributed by atoms with Crippen LogP contribution in [0.3, 0.4) is 0 Å². The van der Waals surface area contributed by atoms with Crippen LogP contribution in [0.5, 0.6) is 0 Å². The molecule has 8 heteroatoms. The van der Waals surface area contributed by atoms with E-state index in [1.165, 1.54) is 15.3 Å². The molecule has 0 N–H and O–H groups in total. The summed E-state index contributed by atoms with van der Waals surface area (Å²) in [7, 11) is -0.684. The molecule has 2 heterocycles. The van der Waals surface area contributed by atoms with Crippen LogP contribution in [-0.2, 0) is 27.9 Å². The third-order valence-electron chi connectivity index (χ3n) is 3.03. The Bertz CT molecular complexity index is 782. The molecular formula is C13H16N3O4S+. The summed E-state index contributed by atoms with van der Waals surface area (Å²) in [5, 5.41) is 4.13. The van der Waals surface area contributed by atoms with Gasteiger partial charge in [-0.3, -0.25) is 8.98 Å². The Balaban J connectivity index is 2.15. The van der Waals surface area contributed by atoms with Crippen LogP contribution < -0.4 is 10.2 Å². The normalized spacial score (nSPS) is 11.5. The third-order valence-corrected chi connectivity index (χ3v) is 4.22. The summed E-state index contributed by atoms with van der Waals surface area (Å²) in [6.45, 7) is 0.201. The highest BCUT2D eigenvalue weighted by atomic mass is 32.2. The van der Waals surface area contributed by atoms with Gasteiger partial charge in [0.2, 0.25) is 0 Å². The number of rotatable bonds is 5. The number of hydrogen-bond donors (Lipinski definition) is 0. The Hall–Kier alpha value is -2.06. The largest absolute Gasteiger partial charge is 0.319 e. The standard InChI is InChI=1S/C13H16N3O4S/c1-15-5-3-11(9-13(15)17)12-4-6-16(14-10-12)7-8-21(18,19)20-2/h3-6,9-10H,7-8H2,1-2H3/q+1. The number of aromatic nitrogens is 3. The van der Waals surface area contributed by atoms with Gasteiger partial charge in [-0.2, -0.15) is 8.42 Å². The van der Waals surface area contributed by atoms with Gasteiger partial charge in [-0.25, -0.2) is 0 Å². The van der Waals surface area contributed by atoms with Gasteiger partial charge in [-0.15, -0.1) is 0 Å². The molecule has 0 aliphatic carbocycles. The summed E-state index contributed by atoms with van der Waals surface area (Å²) in [6.07, 6.45) is 4.94. The van der Waals surface area contributed by atoms with Gasteiger partial charge < -0.3 is 4.57 Å². The zero-order valence-electron chi connectivity index (χ0n) is 11.8. The highest BCUT2D eigenvalue weighted by Gasteiger charge is 2.13. The molecule has 0 radical (unpaired) electrons. The summed E-state index contributed by atoms with van der Waals surface area (Å²) in [5.41, 5.74) is 1.45. The van der Waals surface area contributed by atoms with Gasteiger partial charge in [0.1, 0.15) is 11.9 Å². The van der Waals surface area contributed by atoms with Crippen molar-refractivity contribution in [3.8, 4) is 11.1 Å². The number of aryl methyl sites for hydroxylation is 2. The summed E-state index contributed by atoms with van der Waals surface area (Å²) in [6, 6.07) is 5.12. The SMILES string of the molecule is COS(=O)(=O)CC[n+]1ccc(-c2ccn(C)c(=O)c2)cn1. The minimum Gasteiger partial charge on any atom is -0.319 e. The molecule has 0 aliphatic rings. The maximum Gasteiger partial charge on any atom is 0.273 e. The first-order valence-corrected chi connectivity index (χ1v) is 7.80. The average molecular weight is 310 g/mol. The van der Waals surface area contributed by atoms with Crippen molar-refractivity contribution < 1.29 is 17.3 Å². The Labute approximate surface area is 122 Å². The lowest BCUT2D eigenvalue weighted by atomic mass is 10.1. The van der Waals surface area contributed by atoms with E-state index in [4.69, 9.17) is 0 Å². The highest BCUT2D eigenvalue weighted by Crippen LogP contribution is 2.13. The maximum absolute atomic E-state index is 11.6. The predicted octanol–water partition coefficient (Wildman–Crippen LogP) is -0.289. The Morgan fingerprint density at radius 2 is 2.10 bits per heavy atom. The molecule has 0 saturated carbocycles. The van der Waals surface area contributed by atoms with E-state index in [0.717, 1.165) is 18.2 Å². The van der Waals surface area contributed by atoms with Crippen LogP contribution in [0.15, 0.2) is 41.6 Å². The van der Waals surface area contributed by atoms with Crippen molar-refractivity contribution in [1.29, 1.82) is 0 Å². The second-order valence-electron chi connectivity index (χ2n) is 4.47. The van der Waals surface area contributed by atoms with Crippen molar-refractivity contribution in [3.05, 3.63) is 47.1 Å². The van der Waals surface area contributed by atoms with Crippen LogP contribution in [0.1, 0.15) is 0 Å². The molecule has 0 unspecified atom stereocenters. The van der Waals surface area contributed by atoms with Gasteiger partial charge in [0.25, 0.3) is 15.7 Å². The Morgan fingerprint density at radius 3 is 2.67 bits per heavy atom. The van der Waals surface area contributed by atoms with Crippen molar-refractivity contribution in [2.45, 2.75) is 6.54 Å². The minimum absolute atomic E-state index is 0.101. The van der Waals surface area contributed by atoms with Crippen LogP contribution in [0.4, 0.5) is 0 Å². The van der Waals surface area contributed by atoms with Crippen LogP contribution in [-0.4, -0.2) is 30.9 Å². The monoisotopic (exact) mass is 310 g/mol. The quantitative estimate of drug-likeness (QED) is 0.560. The fourth-order valence-corrected chi connectivity index (χ4v) is 2.28. The van der Waals surface area contributed by atoms with E-state index >= 15 is 0 Å². The summed E-state index contributed by atoms with van der Waals surface area (Å²) in [5.74, 6) is -0.146. The van der Waals surface area contributed by atoms with Crippen LogP contribution in [0, 0.1) is 0 Å². The van der Waals surface area contributed by atoms with E-state index in [9.17, 15) is 13.2 Å². The molecule has 0 aliphatic heterocycles. The van der Waals surface area contributed by atoms with Crippen molar-refractivity contribution in [2.24, 2.45) is 7.05 Å². The molecule has 2 aromatic rings. The zero-order chi connectivity index (χ0) is 15.5. The van der Waals surface area contributed by atoms with Crippen molar-refractivity contribution >= 4 is 10.1 Å². The maximum atomic E-state index is 11.6. The number of pyridine rings is 1. The van der Waals surface area contributed by atoms with E-state index in [1.54, 1.807) is 31.7 Å². The molecule has 2 rings (SSSR count). The molecule has 0 spiro atoms. The lowest BCUT2D eigenvalue weighted by Gasteiger charge is -2.01. The first-order chi connectivity index (χ1) is 9.91. The molecule has 7 nitrogen and oxygen atoms in total. The molecule has 0 bridgehead atoms. The fourth-order valence-electron chi connectivity index (χ4n) is 1.70. The molecule has 0 amide bonds. The lowest BCUT2D eigenvalue weighted by Crippen LogP contribution is -2.40. The molecule has 0 saturated heterocycles. The molecule has 0 aromatic carbocycles. The van der Waals surface area contributed by atoms with Gasteiger partial charge >= 0.3 is 0 Å². The van der Waals surface area contributed by atoms with Crippen LogP contribution >= 0.6 is 0 Å². The van der Waals surface area contributed by atoms with Gasteiger partial charge in [-0.05, 0) is 16.7 Å². The predicted molar refractivity (Wildman–Crippen MR) is 75.9 cm³/mol. The highest BCUT2D eigenvalue weighted by molar-refractivity contribution is 7.86. The zero-order valence-corrected chi connectivity index (χ0v) is 12.6. The van der Waals surface area contributed by atoms with E-state index in [2.05, 4.69) is 9.28 Å². The molecule has 0 atom stereocenters. The lowest BCUT2D eigenvalue weighted by molar-refractivity contribution is -0.750. The van der Waals surface area contributed by atoms with Crippen molar-refractivity contribution in [3.63, 3.8) is 0 Å². The van der Waals surface area contributed by atoms with E-state index < -0.39 is 10.1 Å². The van der Waals surface area contributed by atoms with Crippen molar-refractivity contribution in [1.82, 2.24) is 9.67 Å². The smallest absolute Gasteiger partial charge is 0.273 e. The average Bonchev–Trinajstić information content (AvgIpc) is 2.49. The van der Waals surface area contributed by atoms with Gasteiger partial charge in [-0.1, -0.05) is 4.68 Å². The Morgan fingerprint density at radius 1 is 1.33 bits per heavy atom. The number of nitrogens with zero attached hydrogens (tertiary/aromatic N) is 3. The van der Waals surface area contributed by atoms with Gasteiger partial charge in [0, 0.05) is 30.9 Å². The minimum atomic E-state index is -3.50. The molecular weight excluding hydrogens is 294 g/mol. The molecule has 2 aromatic heterocycles. The summed E-state index contributed by atoms with van der Waals surface area (Å²) in [4.78, 5) is 11.6. The van der Waals surface area contributed by atoms with Crippen LogP contribution in [0.25, 0.3) is 11.1 Å². The van der Waals surface area contributed by atoms with E-state index in [-0.39, 0.29) is 17.9 Å². The second kappa shape index (κ2) is 6.15. The van der Waals surface area contributed by atoms with Crippen LogP contribution in [0.2, 0.25) is 0 Å². The second-order valence-corrected chi connectivity index (χ2v) is 6.33. The summed E-state index contributed by atoms with van der Waals surface area (Å²) >= 11 is 0. The van der Waals surface area contributed by atoms with Gasteiger partial charge in [0.15, 0.2) is 12.7 Å². The topological polar surface area (TPSA) is 82.1 Å². The summed E-state index contributed by atoms with van der Waals surface area (Å²) < 4.78 is 29.8. The van der Waals surface area contributed by atoms with Gasteiger partial charge in [0.05, 0.1) is 7.11 Å². The van der Waals surface area contributed by atoms with E-state index in [1.807, 2.05) is 6.07 Å². The third kappa shape index (κ3) is 3.96. The number of hydrogen-bond acceptors (Lipinski definition) is 5. The molecule has 112 valence electrons. The first kappa shape index (κ1) is 15.3. The fraction of sp³-hybridized carbons (Fsp3) is 0.308. The van der Waals surface area contributed by atoms with Crippen molar-refractivity contribution in [2.75, 3.05) is 12.9 Å².